The number of anilines is 2. The second kappa shape index (κ2) is 5.92. The minimum Gasteiger partial charge on any atom is -0.360 e. The highest BCUT2D eigenvalue weighted by Gasteiger charge is 2.33. The van der Waals surface area contributed by atoms with Crippen LogP contribution >= 0.6 is 0 Å². The van der Waals surface area contributed by atoms with Crippen LogP contribution in [0.3, 0.4) is 0 Å². The molecule has 1 atom stereocenters. The number of aryl methyl sites for hydroxylation is 3. The highest BCUT2D eigenvalue weighted by Crippen LogP contribution is 2.27. The van der Waals surface area contributed by atoms with Gasteiger partial charge < -0.3 is 10.6 Å². The maximum absolute atomic E-state index is 12.6. The molecule has 2 aromatic rings. The molecule has 1 aliphatic heterocycles. The van der Waals surface area contributed by atoms with Gasteiger partial charge in [0.05, 0.1) is 5.69 Å². The fraction of sp³-hybridized carbons (Fsp3) is 0.235. The quantitative estimate of drug-likeness (QED) is 0.779. The predicted octanol–water partition coefficient (Wildman–Crippen LogP) is 2.28. The Labute approximate surface area is 141 Å². The molecule has 0 fully saturated rings. The van der Waals surface area contributed by atoms with E-state index in [0.29, 0.717) is 11.4 Å². The third-order valence-electron chi connectivity index (χ3n) is 3.99. The minimum absolute atomic E-state index is 0.143. The molecule has 0 bridgehead atoms. The number of amides is 1. The molecule has 0 aromatic heterocycles. The zero-order valence-electron chi connectivity index (χ0n) is 13.7. The number of hydrogen-bond acceptors (Lipinski definition) is 4. The molecule has 0 saturated carbocycles. The van der Waals surface area contributed by atoms with Crippen LogP contribution in [0.4, 0.5) is 11.4 Å². The van der Waals surface area contributed by atoms with Crippen molar-refractivity contribution in [2.24, 2.45) is 0 Å². The van der Waals surface area contributed by atoms with Crippen molar-refractivity contribution in [3.63, 3.8) is 0 Å². The third-order valence-corrected chi connectivity index (χ3v) is 5.47. The van der Waals surface area contributed by atoms with Gasteiger partial charge >= 0.3 is 0 Å². The molecule has 6 nitrogen and oxygen atoms in total. The Morgan fingerprint density at radius 3 is 2.42 bits per heavy atom. The highest BCUT2D eigenvalue weighted by molar-refractivity contribution is 7.89. The lowest BCUT2D eigenvalue weighted by Crippen LogP contribution is -2.51. The summed E-state index contributed by atoms with van der Waals surface area (Å²) < 4.78 is 27.1. The molecule has 3 rings (SSSR count). The fourth-order valence-corrected chi connectivity index (χ4v) is 3.98. The first kappa shape index (κ1) is 16.5. The van der Waals surface area contributed by atoms with Gasteiger partial charge in [0.15, 0.2) is 6.17 Å². The van der Waals surface area contributed by atoms with Crippen LogP contribution in [-0.4, -0.2) is 20.5 Å². The molecule has 24 heavy (non-hydrogen) atoms. The van der Waals surface area contributed by atoms with E-state index in [1.807, 2.05) is 39.0 Å². The topological polar surface area (TPSA) is 87.3 Å². The molecule has 0 unspecified atom stereocenters. The largest absolute Gasteiger partial charge is 0.360 e. The number of carbonyl (C=O) groups is 1. The van der Waals surface area contributed by atoms with Gasteiger partial charge in [-0.3, -0.25) is 4.79 Å². The van der Waals surface area contributed by atoms with E-state index in [1.54, 1.807) is 12.1 Å². The Hall–Kier alpha value is -2.38. The number of fused-ring (bicyclic) bond motifs is 1. The first-order chi connectivity index (χ1) is 11.3. The van der Waals surface area contributed by atoms with Gasteiger partial charge in [-0.25, -0.2) is 8.42 Å². The van der Waals surface area contributed by atoms with Gasteiger partial charge in [0.2, 0.25) is 10.0 Å². The maximum atomic E-state index is 12.6. The van der Waals surface area contributed by atoms with E-state index < -0.39 is 22.1 Å². The van der Waals surface area contributed by atoms with Crippen LogP contribution in [0.15, 0.2) is 41.3 Å². The second-order valence-electron chi connectivity index (χ2n) is 5.95. The third kappa shape index (κ3) is 3.00. The van der Waals surface area contributed by atoms with Crippen molar-refractivity contribution in [2.75, 3.05) is 10.6 Å². The molecule has 3 N–H and O–H groups in total. The zero-order valence-corrected chi connectivity index (χ0v) is 14.5. The lowest BCUT2D eigenvalue weighted by atomic mass is 10.1. The minimum atomic E-state index is -3.74. The number of carbonyl (C=O) groups excluding carboxylic acids is 1. The van der Waals surface area contributed by atoms with E-state index in [9.17, 15) is 13.2 Å². The summed E-state index contributed by atoms with van der Waals surface area (Å²) in [5.74, 6) is -0.455. The van der Waals surface area contributed by atoms with Crippen LogP contribution in [0, 0.1) is 20.8 Å². The van der Waals surface area contributed by atoms with Crippen molar-refractivity contribution >= 4 is 27.3 Å². The van der Waals surface area contributed by atoms with Gasteiger partial charge in [0.25, 0.3) is 5.91 Å². The molecule has 126 valence electrons. The van der Waals surface area contributed by atoms with Crippen LogP contribution < -0.4 is 15.4 Å². The van der Waals surface area contributed by atoms with E-state index in [-0.39, 0.29) is 4.90 Å². The molecule has 7 heteroatoms. The SMILES string of the molecule is Cc1ccc2c(c1)N[C@@H](C(=O)Nc1c(C)cccc1C)NS2(=O)=O. The highest BCUT2D eigenvalue weighted by atomic mass is 32.2. The number of rotatable bonds is 2. The summed E-state index contributed by atoms with van der Waals surface area (Å²) in [6.45, 7) is 5.64. The Kier molecular flexibility index (Phi) is 4.06. The maximum Gasteiger partial charge on any atom is 0.262 e. The summed E-state index contributed by atoms with van der Waals surface area (Å²) >= 11 is 0. The standard InChI is InChI=1S/C17H19N3O3S/c1-10-7-8-14-13(9-10)18-16(20-24(14,22)23)17(21)19-15-11(2)5-4-6-12(15)3/h4-9,16,18,20H,1-3H3,(H,19,21)/t16-/m1/s1. The van der Waals surface area contributed by atoms with E-state index >= 15 is 0 Å². The van der Waals surface area contributed by atoms with E-state index in [2.05, 4.69) is 15.4 Å². The van der Waals surface area contributed by atoms with Crippen molar-refractivity contribution in [2.45, 2.75) is 31.8 Å². The summed E-state index contributed by atoms with van der Waals surface area (Å²) in [5.41, 5.74) is 3.86. The average molecular weight is 345 g/mol. The summed E-state index contributed by atoms with van der Waals surface area (Å²) in [6, 6.07) is 10.6. The number of benzene rings is 2. The molecule has 2 aromatic carbocycles. The van der Waals surface area contributed by atoms with E-state index in [1.165, 1.54) is 6.07 Å². The van der Waals surface area contributed by atoms with E-state index in [4.69, 9.17) is 0 Å². The predicted molar refractivity (Wildman–Crippen MR) is 93.5 cm³/mol. The van der Waals surface area contributed by atoms with Crippen LogP contribution in [0.5, 0.6) is 0 Å². The van der Waals surface area contributed by atoms with Crippen molar-refractivity contribution in [1.82, 2.24) is 4.72 Å². The van der Waals surface area contributed by atoms with Crippen LogP contribution in [0.25, 0.3) is 0 Å². The lowest BCUT2D eigenvalue weighted by molar-refractivity contribution is -0.117. The zero-order chi connectivity index (χ0) is 17.5. The van der Waals surface area contributed by atoms with Crippen LogP contribution in [-0.2, 0) is 14.8 Å². The summed E-state index contributed by atoms with van der Waals surface area (Å²) in [6.07, 6.45) is -1.07. The number of sulfonamides is 1. The van der Waals surface area contributed by atoms with Gasteiger partial charge in [-0.2, -0.15) is 4.72 Å². The Morgan fingerprint density at radius 1 is 1.08 bits per heavy atom. The number of para-hydroxylation sites is 1. The van der Waals surface area contributed by atoms with Crippen LogP contribution in [0.1, 0.15) is 16.7 Å². The fourth-order valence-electron chi connectivity index (χ4n) is 2.72. The molecular weight excluding hydrogens is 326 g/mol. The van der Waals surface area contributed by atoms with Gasteiger partial charge in [0, 0.05) is 5.69 Å². The number of hydrogen-bond donors (Lipinski definition) is 3. The Bertz CT molecular complexity index is 902. The molecule has 1 aliphatic rings. The lowest BCUT2D eigenvalue weighted by Gasteiger charge is -2.27. The summed E-state index contributed by atoms with van der Waals surface area (Å²) in [5, 5.41) is 5.75. The normalized spacial score (nSPS) is 18.4. The van der Waals surface area contributed by atoms with Gasteiger partial charge in [-0.1, -0.05) is 24.3 Å². The Morgan fingerprint density at radius 2 is 1.75 bits per heavy atom. The first-order valence-electron chi connectivity index (χ1n) is 7.54. The van der Waals surface area contributed by atoms with Crippen molar-refractivity contribution in [1.29, 1.82) is 0 Å². The first-order valence-corrected chi connectivity index (χ1v) is 9.03. The number of nitrogens with one attached hydrogen (secondary N) is 3. The molecular formula is C17H19N3O3S. The van der Waals surface area contributed by atoms with Crippen molar-refractivity contribution in [3.8, 4) is 0 Å². The van der Waals surface area contributed by atoms with Crippen molar-refractivity contribution in [3.05, 3.63) is 53.1 Å². The molecule has 0 spiro atoms. The van der Waals surface area contributed by atoms with Gasteiger partial charge in [-0.15, -0.1) is 0 Å². The smallest absolute Gasteiger partial charge is 0.262 e. The molecule has 1 amide bonds. The summed E-state index contributed by atoms with van der Waals surface area (Å²) in [7, 11) is -3.74. The van der Waals surface area contributed by atoms with Crippen molar-refractivity contribution < 1.29 is 13.2 Å². The summed E-state index contributed by atoms with van der Waals surface area (Å²) in [4.78, 5) is 12.7. The molecule has 0 radical (unpaired) electrons. The molecule has 1 heterocycles. The second-order valence-corrected chi connectivity index (χ2v) is 7.64. The van der Waals surface area contributed by atoms with Gasteiger partial charge in [-0.05, 0) is 49.6 Å². The molecule has 0 saturated heterocycles. The average Bonchev–Trinajstić information content (AvgIpc) is 2.49. The van der Waals surface area contributed by atoms with E-state index in [0.717, 1.165) is 16.7 Å². The molecule has 0 aliphatic carbocycles. The van der Waals surface area contributed by atoms with Gasteiger partial charge in [0.1, 0.15) is 4.90 Å². The monoisotopic (exact) mass is 345 g/mol. The Balaban J connectivity index is 1.90. The van der Waals surface area contributed by atoms with Crippen LogP contribution in [0.2, 0.25) is 0 Å².